The number of carbonyl (C=O) groups is 1. The van der Waals surface area contributed by atoms with Crippen LogP contribution in [0.2, 0.25) is 0 Å². The van der Waals surface area contributed by atoms with Crippen molar-refractivity contribution in [3.05, 3.63) is 46.2 Å². The van der Waals surface area contributed by atoms with E-state index < -0.39 is 9.84 Å². The third kappa shape index (κ3) is 3.92. The monoisotopic (exact) mass is 362 g/mol. The number of sulfone groups is 1. The van der Waals surface area contributed by atoms with Gasteiger partial charge in [-0.2, -0.15) is 0 Å². The van der Waals surface area contributed by atoms with Gasteiger partial charge in [0.2, 0.25) is 5.91 Å². The van der Waals surface area contributed by atoms with E-state index in [1.54, 1.807) is 4.90 Å². The normalized spacial score (nSPS) is 19.2. The molecule has 0 aliphatic carbocycles. The molecule has 2 aromatic rings. The first-order valence-corrected chi connectivity index (χ1v) is 10.3. The number of carbonyl (C=O) groups excluding carboxylic acids is 1. The van der Waals surface area contributed by atoms with Crippen molar-refractivity contribution in [1.82, 2.24) is 9.88 Å². The molecular weight excluding hydrogens is 340 g/mol. The fourth-order valence-electron chi connectivity index (χ4n) is 3.42. The van der Waals surface area contributed by atoms with Crippen molar-refractivity contribution < 1.29 is 13.2 Å². The molecule has 7 heteroatoms. The number of amides is 1. The third-order valence-electron chi connectivity index (χ3n) is 4.75. The molecule has 0 spiro atoms. The topological polar surface area (TPSA) is 87.3 Å². The number of aromatic amines is 1. The summed E-state index contributed by atoms with van der Waals surface area (Å²) in [5.41, 5.74) is 1.16. The highest BCUT2D eigenvalue weighted by molar-refractivity contribution is 7.91. The fraction of sp³-hybridized carbons (Fsp3) is 0.444. The zero-order valence-corrected chi connectivity index (χ0v) is 15.0. The van der Waals surface area contributed by atoms with Gasteiger partial charge in [0.25, 0.3) is 5.56 Å². The van der Waals surface area contributed by atoms with Gasteiger partial charge in [-0.15, -0.1) is 0 Å². The Bertz CT molecular complexity index is 949. The van der Waals surface area contributed by atoms with E-state index in [0.717, 1.165) is 10.9 Å². The molecule has 0 bridgehead atoms. The second kappa shape index (κ2) is 7.00. The molecule has 134 valence electrons. The predicted octanol–water partition coefficient (Wildman–Crippen LogP) is 1.50. The summed E-state index contributed by atoms with van der Waals surface area (Å²) in [5, 5.41) is 0.929. The number of pyridine rings is 1. The minimum atomic E-state index is -3.03. The van der Waals surface area contributed by atoms with Gasteiger partial charge in [0.1, 0.15) is 0 Å². The molecule has 1 aliphatic rings. The van der Waals surface area contributed by atoms with Crippen LogP contribution in [-0.2, 0) is 21.1 Å². The van der Waals surface area contributed by atoms with Gasteiger partial charge in [-0.3, -0.25) is 9.59 Å². The zero-order chi connectivity index (χ0) is 18.0. The molecule has 1 saturated heterocycles. The van der Waals surface area contributed by atoms with Crippen LogP contribution in [0.25, 0.3) is 10.9 Å². The third-order valence-corrected chi connectivity index (χ3v) is 6.50. The molecule has 1 N–H and O–H groups in total. The lowest BCUT2D eigenvalue weighted by Gasteiger charge is -2.26. The summed E-state index contributed by atoms with van der Waals surface area (Å²) < 4.78 is 23.3. The lowest BCUT2D eigenvalue weighted by molar-refractivity contribution is -0.132. The van der Waals surface area contributed by atoms with Crippen molar-refractivity contribution in [2.45, 2.75) is 32.2 Å². The number of nitrogens with zero attached hydrogens (tertiary/aromatic N) is 1. The van der Waals surface area contributed by atoms with E-state index >= 15 is 0 Å². The summed E-state index contributed by atoms with van der Waals surface area (Å²) in [6, 6.07) is 9.09. The molecule has 2 heterocycles. The average Bonchev–Trinajstić information content (AvgIpc) is 2.93. The van der Waals surface area contributed by atoms with Gasteiger partial charge in [-0.1, -0.05) is 18.2 Å². The fourth-order valence-corrected chi connectivity index (χ4v) is 5.15. The number of para-hydroxylation sites is 1. The number of rotatable bonds is 5. The molecule has 1 atom stereocenters. The van der Waals surface area contributed by atoms with Gasteiger partial charge >= 0.3 is 0 Å². The van der Waals surface area contributed by atoms with E-state index in [-0.39, 0.29) is 35.4 Å². The molecule has 1 fully saturated rings. The highest BCUT2D eigenvalue weighted by atomic mass is 32.2. The minimum absolute atomic E-state index is 0.0448. The van der Waals surface area contributed by atoms with Gasteiger partial charge in [0.05, 0.1) is 11.5 Å². The van der Waals surface area contributed by atoms with Gasteiger partial charge in [-0.25, -0.2) is 8.42 Å². The molecule has 0 radical (unpaired) electrons. The van der Waals surface area contributed by atoms with E-state index in [0.29, 0.717) is 24.9 Å². The Morgan fingerprint density at radius 2 is 2.08 bits per heavy atom. The van der Waals surface area contributed by atoms with Crippen LogP contribution in [0.4, 0.5) is 0 Å². The lowest BCUT2D eigenvalue weighted by Crippen LogP contribution is -2.41. The zero-order valence-electron chi connectivity index (χ0n) is 14.2. The maximum absolute atomic E-state index is 12.5. The van der Waals surface area contributed by atoms with Crippen LogP contribution in [-0.4, -0.2) is 48.3 Å². The Hall–Kier alpha value is -2.15. The quantitative estimate of drug-likeness (QED) is 0.873. The van der Waals surface area contributed by atoms with E-state index in [1.807, 2.05) is 37.3 Å². The molecule has 3 rings (SSSR count). The smallest absolute Gasteiger partial charge is 0.251 e. The first kappa shape index (κ1) is 17.7. The van der Waals surface area contributed by atoms with Crippen molar-refractivity contribution in [3.8, 4) is 0 Å². The second-order valence-corrected chi connectivity index (χ2v) is 8.68. The lowest BCUT2D eigenvalue weighted by atomic mass is 10.1. The Morgan fingerprint density at radius 3 is 2.76 bits per heavy atom. The number of hydrogen-bond donors (Lipinski definition) is 1. The Kier molecular flexibility index (Phi) is 4.94. The van der Waals surface area contributed by atoms with Gasteiger partial charge < -0.3 is 9.88 Å². The van der Waals surface area contributed by atoms with Crippen molar-refractivity contribution in [2.24, 2.45) is 0 Å². The number of aryl methyl sites for hydroxylation is 1. The van der Waals surface area contributed by atoms with E-state index in [1.165, 1.54) is 0 Å². The van der Waals surface area contributed by atoms with Gasteiger partial charge in [0, 0.05) is 30.1 Å². The predicted molar refractivity (Wildman–Crippen MR) is 97.3 cm³/mol. The summed E-state index contributed by atoms with van der Waals surface area (Å²) in [7, 11) is -3.03. The van der Waals surface area contributed by atoms with Crippen LogP contribution in [0.1, 0.15) is 25.3 Å². The van der Waals surface area contributed by atoms with Crippen LogP contribution >= 0.6 is 0 Å². The van der Waals surface area contributed by atoms with Crippen LogP contribution < -0.4 is 5.56 Å². The minimum Gasteiger partial charge on any atom is -0.339 e. The first-order valence-electron chi connectivity index (χ1n) is 8.50. The van der Waals surface area contributed by atoms with Crippen LogP contribution in [0.3, 0.4) is 0 Å². The Morgan fingerprint density at radius 1 is 1.32 bits per heavy atom. The summed E-state index contributed by atoms with van der Waals surface area (Å²) in [5.74, 6) is 0.0896. The van der Waals surface area contributed by atoms with Crippen LogP contribution in [0, 0.1) is 0 Å². The highest BCUT2D eigenvalue weighted by Crippen LogP contribution is 2.19. The number of H-pyrrole nitrogens is 1. The molecule has 6 nitrogen and oxygen atoms in total. The SMILES string of the molecule is CCN(C(=O)CCc1cc2ccccc2[nH]c1=O)C1CCS(=O)(=O)C1. The summed E-state index contributed by atoms with van der Waals surface area (Å²) in [4.78, 5) is 29.2. The number of fused-ring (bicyclic) bond motifs is 1. The number of benzene rings is 1. The molecule has 0 saturated carbocycles. The highest BCUT2D eigenvalue weighted by Gasteiger charge is 2.33. The molecule has 1 aliphatic heterocycles. The van der Waals surface area contributed by atoms with Crippen molar-refractivity contribution >= 4 is 26.6 Å². The number of hydrogen-bond acceptors (Lipinski definition) is 4. The number of nitrogens with one attached hydrogen (secondary N) is 1. The molecule has 1 amide bonds. The maximum atomic E-state index is 12.5. The summed E-state index contributed by atoms with van der Waals surface area (Å²) in [6.45, 7) is 2.33. The number of aromatic nitrogens is 1. The standard InChI is InChI=1S/C18H22N2O4S/c1-2-20(15-9-10-25(23,24)12-15)17(21)8-7-14-11-13-5-3-4-6-16(13)19-18(14)22/h3-6,11,15H,2,7-10,12H2,1H3,(H,19,22). The van der Waals surface area contributed by atoms with Gasteiger partial charge in [-0.05, 0) is 37.3 Å². The van der Waals surface area contributed by atoms with Crippen molar-refractivity contribution in [3.63, 3.8) is 0 Å². The van der Waals surface area contributed by atoms with Crippen LogP contribution in [0.5, 0.6) is 0 Å². The van der Waals surface area contributed by atoms with Crippen LogP contribution in [0.15, 0.2) is 35.1 Å². The van der Waals surface area contributed by atoms with E-state index in [9.17, 15) is 18.0 Å². The largest absolute Gasteiger partial charge is 0.339 e. The van der Waals surface area contributed by atoms with E-state index in [2.05, 4.69) is 4.98 Å². The first-order chi connectivity index (χ1) is 11.9. The maximum Gasteiger partial charge on any atom is 0.251 e. The molecular formula is C18H22N2O4S. The summed E-state index contributed by atoms with van der Waals surface area (Å²) >= 11 is 0. The van der Waals surface area contributed by atoms with Gasteiger partial charge in [0.15, 0.2) is 9.84 Å². The van der Waals surface area contributed by atoms with Crippen molar-refractivity contribution in [1.29, 1.82) is 0 Å². The molecule has 1 unspecified atom stereocenters. The van der Waals surface area contributed by atoms with Crippen molar-refractivity contribution in [2.75, 3.05) is 18.1 Å². The molecule has 1 aromatic heterocycles. The Labute approximate surface area is 146 Å². The Balaban J connectivity index is 1.71. The molecule has 25 heavy (non-hydrogen) atoms. The average molecular weight is 362 g/mol. The van der Waals surface area contributed by atoms with E-state index in [4.69, 9.17) is 0 Å². The molecule has 1 aromatic carbocycles. The summed E-state index contributed by atoms with van der Waals surface area (Å²) in [6.07, 6.45) is 1.04. The second-order valence-electron chi connectivity index (χ2n) is 6.45.